The summed E-state index contributed by atoms with van der Waals surface area (Å²) < 4.78 is 0.901. The number of rotatable bonds is 11. The van der Waals surface area contributed by atoms with Gasteiger partial charge in [0.05, 0.1) is 22.5 Å². The Hall–Kier alpha value is -3.46. The number of aliphatic imine (C=N–C) groups is 1. The molecule has 0 aliphatic carbocycles. The molecule has 0 saturated carbocycles. The van der Waals surface area contributed by atoms with Crippen molar-refractivity contribution in [3.05, 3.63) is 93.5 Å². The summed E-state index contributed by atoms with van der Waals surface area (Å²) in [6.07, 6.45) is 0.464. The van der Waals surface area contributed by atoms with Crippen molar-refractivity contribution in [2.24, 2.45) is 4.99 Å². The van der Waals surface area contributed by atoms with Crippen molar-refractivity contribution < 1.29 is 15.0 Å². The molecule has 0 amide bonds. The number of fused-ring (bicyclic) bond motifs is 1. The summed E-state index contributed by atoms with van der Waals surface area (Å²) in [4.78, 5) is 23.7. The third-order valence-electron chi connectivity index (χ3n) is 6.36. The number of nitrogens with zero attached hydrogens (tertiary/aromatic N) is 3. The number of halogens is 1. The van der Waals surface area contributed by atoms with Crippen LogP contribution in [0.1, 0.15) is 28.7 Å². The maximum Gasteiger partial charge on any atom is 0.303 e. The van der Waals surface area contributed by atoms with Gasteiger partial charge in [0.2, 0.25) is 0 Å². The summed E-state index contributed by atoms with van der Waals surface area (Å²) in [5.41, 5.74) is 5.68. The van der Waals surface area contributed by atoms with Gasteiger partial charge in [-0.25, -0.2) is 4.99 Å². The van der Waals surface area contributed by atoms with E-state index in [1.807, 2.05) is 54.6 Å². The average molecular weight is 578 g/mol. The molecule has 0 aliphatic heterocycles. The summed E-state index contributed by atoms with van der Waals surface area (Å²) in [5, 5.41) is 21.0. The first kappa shape index (κ1) is 27.6. The Labute approximate surface area is 231 Å². The average Bonchev–Trinajstić information content (AvgIpc) is 3.20. The fraction of sp³-hybridized carbons (Fsp3) is 0.267. The van der Waals surface area contributed by atoms with E-state index in [1.54, 1.807) is 0 Å². The first-order chi connectivity index (χ1) is 18.2. The Morgan fingerprint density at radius 3 is 2.45 bits per heavy atom. The highest BCUT2D eigenvalue weighted by atomic mass is 79.9. The number of benzene rings is 3. The number of carbonyl (C=O) groups is 1. The van der Waals surface area contributed by atoms with Gasteiger partial charge in [-0.05, 0) is 69.0 Å². The van der Waals surface area contributed by atoms with E-state index in [4.69, 9.17) is 10.1 Å². The first-order valence-corrected chi connectivity index (χ1v) is 13.3. The van der Waals surface area contributed by atoms with E-state index in [9.17, 15) is 9.90 Å². The quantitative estimate of drug-likeness (QED) is 0.196. The third kappa shape index (κ3) is 7.10. The lowest BCUT2D eigenvalue weighted by Gasteiger charge is -2.19. The zero-order valence-electron chi connectivity index (χ0n) is 21.9. The number of aromatic amines is 1. The van der Waals surface area contributed by atoms with Gasteiger partial charge in [-0.3, -0.25) is 4.79 Å². The molecule has 1 aromatic heterocycles. The van der Waals surface area contributed by atoms with Crippen molar-refractivity contribution in [1.29, 1.82) is 0 Å². The SMILES string of the molecule is CN(C)CCN(C)Cc1ccc(N=C(c2cccc(CCC(=O)O)c2)c2c(O)[nH]c3cc(Br)ccc23)cc1. The van der Waals surface area contributed by atoms with E-state index in [2.05, 4.69) is 64.0 Å². The summed E-state index contributed by atoms with van der Waals surface area (Å²) in [6.45, 7) is 2.82. The van der Waals surface area contributed by atoms with Crippen LogP contribution in [0.3, 0.4) is 0 Å². The zero-order chi connectivity index (χ0) is 27.2. The van der Waals surface area contributed by atoms with E-state index in [-0.39, 0.29) is 12.3 Å². The minimum atomic E-state index is -0.836. The van der Waals surface area contributed by atoms with Gasteiger partial charge in [-0.2, -0.15) is 0 Å². The molecule has 38 heavy (non-hydrogen) atoms. The van der Waals surface area contributed by atoms with E-state index in [1.165, 1.54) is 5.56 Å². The molecule has 0 spiro atoms. The number of H-pyrrole nitrogens is 1. The van der Waals surface area contributed by atoms with Crippen LogP contribution in [-0.2, 0) is 17.8 Å². The van der Waals surface area contributed by atoms with Gasteiger partial charge in [0.25, 0.3) is 0 Å². The molecule has 0 bridgehead atoms. The Kier molecular flexibility index (Phi) is 8.99. The second kappa shape index (κ2) is 12.4. The van der Waals surface area contributed by atoms with Gasteiger partial charge in [0, 0.05) is 41.5 Å². The third-order valence-corrected chi connectivity index (χ3v) is 6.86. The summed E-state index contributed by atoms with van der Waals surface area (Å²) in [6, 6.07) is 21.6. The number of aryl methyl sites for hydroxylation is 1. The van der Waals surface area contributed by atoms with Gasteiger partial charge in [0.1, 0.15) is 0 Å². The zero-order valence-corrected chi connectivity index (χ0v) is 23.5. The van der Waals surface area contributed by atoms with Gasteiger partial charge in [-0.1, -0.05) is 52.3 Å². The topological polar surface area (TPSA) is 92.2 Å². The Morgan fingerprint density at radius 2 is 1.74 bits per heavy atom. The predicted molar refractivity (Wildman–Crippen MR) is 157 cm³/mol. The lowest BCUT2D eigenvalue weighted by atomic mass is 9.97. The van der Waals surface area contributed by atoms with E-state index in [0.717, 1.165) is 51.8 Å². The molecule has 3 N–H and O–H groups in total. The predicted octanol–water partition coefficient (Wildman–Crippen LogP) is 5.82. The van der Waals surface area contributed by atoms with Crippen molar-refractivity contribution >= 4 is 44.2 Å². The molecule has 1 heterocycles. The Morgan fingerprint density at radius 1 is 0.974 bits per heavy atom. The van der Waals surface area contributed by atoms with E-state index < -0.39 is 5.97 Å². The van der Waals surface area contributed by atoms with Crippen molar-refractivity contribution in [1.82, 2.24) is 14.8 Å². The first-order valence-electron chi connectivity index (χ1n) is 12.5. The summed E-state index contributed by atoms with van der Waals surface area (Å²) >= 11 is 3.50. The number of hydrogen-bond acceptors (Lipinski definition) is 5. The van der Waals surface area contributed by atoms with Crippen LogP contribution in [0.4, 0.5) is 5.69 Å². The molecule has 0 radical (unpaired) electrons. The molecule has 198 valence electrons. The number of aliphatic carboxylic acids is 1. The number of likely N-dealkylation sites (N-methyl/N-ethyl adjacent to an activating group) is 2. The number of aromatic nitrogens is 1. The smallest absolute Gasteiger partial charge is 0.303 e. The largest absolute Gasteiger partial charge is 0.494 e. The Bertz CT molecular complexity index is 1440. The second-order valence-corrected chi connectivity index (χ2v) is 10.7. The summed E-state index contributed by atoms with van der Waals surface area (Å²) in [7, 11) is 6.26. The maximum atomic E-state index is 11.1. The fourth-order valence-electron chi connectivity index (χ4n) is 4.35. The number of carboxylic acid groups (broad SMARTS) is 1. The van der Waals surface area contributed by atoms with Crippen LogP contribution in [0.15, 0.2) is 76.2 Å². The molecule has 0 atom stereocenters. The molecule has 0 aliphatic rings. The Balaban J connectivity index is 1.72. The highest BCUT2D eigenvalue weighted by Gasteiger charge is 2.19. The number of carboxylic acids is 1. The highest BCUT2D eigenvalue weighted by molar-refractivity contribution is 9.10. The van der Waals surface area contributed by atoms with Crippen LogP contribution in [0.2, 0.25) is 0 Å². The van der Waals surface area contributed by atoms with E-state index >= 15 is 0 Å². The van der Waals surface area contributed by atoms with Gasteiger partial charge in [0.15, 0.2) is 5.88 Å². The van der Waals surface area contributed by atoms with Crippen LogP contribution >= 0.6 is 15.9 Å². The second-order valence-electron chi connectivity index (χ2n) is 9.80. The van der Waals surface area contributed by atoms with Crippen molar-refractivity contribution in [2.75, 3.05) is 34.2 Å². The van der Waals surface area contributed by atoms with Gasteiger partial charge >= 0.3 is 5.97 Å². The van der Waals surface area contributed by atoms with Crippen LogP contribution < -0.4 is 0 Å². The van der Waals surface area contributed by atoms with Crippen molar-refractivity contribution in [3.63, 3.8) is 0 Å². The highest BCUT2D eigenvalue weighted by Crippen LogP contribution is 2.33. The molecule has 7 nitrogen and oxygen atoms in total. The van der Waals surface area contributed by atoms with Crippen LogP contribution in [0.25, 0.3) is 10.9 Å². The van der Waals surface area contributed by atoms with Crippen LogP contribution in [-0.4, -0.2) is 70.9 Å². The molecular formula is C30H33BrN4O3. The van der Waals surface area contributed by atoms with Gasteiger partial charge in [-0.15, -0.1) is 0 Å². The van der Waals surface area contributed by atoms with Crippen LogP contribution in [0, 0.1) is 0 Å². The van der Waals surface area contributed by atoms with E-state index in [0.29, 0.717) is 17.7 Å². The molecule has 0 saturated heterocycles. The maximum absolute atomic E-state index is 11.1. The molecule has 3 aromatic carbocycles. The number of nitrogens with one attached hydrogen (secondary N) is 1. The van der Waals surface area contributed by atoms with Crippen molar-refractivity contribution in [2.45, 2.75) is 19.4 Å². The number of aromatic hydroxyl groups is 1. The van der Waals surface area contributed by atoms with Crippen molar-refractivity contribution in [3.8, 4) is 5.88 Å². The standard InChI is InChI=1S/C30H33BrN4O3/c1-34(2)15-16-35(3)19-21-7-11-24(12-8-21)32-29(22-6-4-5-20(17-22)9-14-27(36)37)28-25-13-10-23(31)18-26(25)33-30(28)38/h4-8,10-13,17-18,33,38H,9,14-16,19H2,1-3H3,(H,36,37). The monoisotopic (exact) mass is 576 g/mol. The molecule has 4 aromatic rings. The fourth-order valence-corrected chi connectivity index (χ4v) is 4.71. The lowest BCUT2D eigenvalue weighted by Crippen LogP contribution is -2.28. The minimum Gasteiger partial charge on any atom is -0.494 e. The molecule has 0 fully saturated rings. The molecule has 4 rings (SSSR count). The lowest BCUT2D eigenvalue weighted by molar-refractivity contribution is -0.136. The summed E-state index contributed by atoms with van der Waals surface area (Å²) in [5.74, 6) is -0.802. The molecule has 0 unspecified atom stereocenters. The molecular weight excluding hydrogens is 544 g/mol. The minimum absolute atomic E-state index is 0.0342. The molecule has 8 heteroatoms. The normalized spacial score (nSPS) is 12.1. The van der Waals surface area contributed by atoms with Crippen LogP contribution in [0.5, 0.6) is 5.88 Å². The van der Waals surface area contributed by atoms with Gasteiger partial charge < -0.3 is 25.0 Å². The number of hydrogen-bond donors (Lipinski definition) is 3.